The number of nitrogens with one attached hydrogen (secondary N) is 1. The second kappa shape index (κ2) is 5.86. The zero-order chi connectivity index (χ0) is 12.8. The highest BCUT2D eigenvalue weighted by Crippen LogP contribution is 2.11. The fraction of sp³-hybridized carbons (Fsp3) is 0.273. The largest absolute Gasteiger partial charge is 0.508 e. The van der Waals surface area contributed by atoms with Gasteiger partial charge in [0.1, 0.15) is 11.8 Å². The smallest absolute Gasteiger partial charge is 0.328 e. The van der Waals surface area contributed by atoms with Crippen LogP contribution in [0.3, 0.4) is 0 Å². The predicted octanol–water partition coefficient (Wildman–Crippen LogP) is -0.504. The Balaban J connectivity index is 2.58. The molecule has 0 aliphatic carbocycles. The number of benzene rings is 1. The number of rotatable bonds is 5. The van der Waals surface area contributed by atoms with Crippen LogP contribution in [-0.4, -0.2) is 39.8 Å². The van der Waals surface area contributed by atoms with Gasteiger partial charge >= 0.3 is 5.97 Å². The minimum Gasteiger partial charge on any atom is -0.508 e. The van der Waals surface area contributed by atoms with E-state index in [1.807, 2.05) is 0 Å². The Bertz CT molecular complexity index is 418. The number of hydrogen-bond acceptors (Lipinski definition) is 4. The van der Waals surface area contributed by atoms with E-state index in [4.69, 9.17) is 10.2 Å². The molecule has 0 unspecified atom stereocenters. The molecule has 1 aromatic rings. The van der Waals surface area contributed by atoms with Gasteiger partial charge in [0.05, 0.1) is 13.0 Å². The molecule has 0 heterocycles. The molecule has 0 aromatic heterocycles. The number of phenolic OH excluding ortho intramolecular Hbond substituents is 1. The van der Waals surface area contributed by atoms with Crippen molar-refractivity contribution in [3.8, 4) is 5.75 Å². The standard InChI is InChI=1S/C11H13NO5/c13-6-9(11(16)17)12-10(15)5-7-2-1-3-8(14)4-7/h1-4,9,13-14H,5-6H2,(H,12,15)(H,16,17)/t9-/m1/s1. The minimum absolute atomic E-state index is 0.0345. The van der Waals surface area contributed by atoms with Gasteiger partial charge in [-0.3, -0.25) is 4.79 Å². The van der Waals surface area contributed by atoms with Crippen molar-refractivity contribution >= 4 is 11.9 Å². The summed E-state index contributed by atoms with van der Waals surface area (Å²) >= 11 is 0. The van der Waals surface area contributed by atoms with Crippen molar-refractivity contribution in [1.82, 2.24) is 5.32 Å². The monoisotopic (exact) mass is 239 g/mol. The van der Waals surface area contributed by atoms with Crippen LogP contribution in [0.2, 0.25) is 0 Å². The summed E-state index contributed by atoms with van der Waals surface area (Å²) in [5, 5.41) is 28.7. The summed E-state index contributed by atoms with van der Waals surface area (Å²) in [6.07, 6.45) is -0.0574. The highest BCUT2D eigenvalue weighted by Gasteiger charge is 2.18. The van der Waals surface area contributed by atoms with Crippen LogP contribution in [0.25, 0.3) is 0 Å². The van der Waals surface area contributed by atoms with Crippen molar-refractivity contribution in [2.45, 2.75) is 12.5 Å². The number of phenols is 1. The second-order valence-corrected chi connectivity index (χ2v) is 3.49. The van der Waals surface area contributed by atoms with Gasteiger partial charge < -0.3 is 20.6 Å². The first kappa shape index (κ1) is 13.0. The second-order valence-electron chi connectivity index (χ2n) is 3.49. The molecule has 1 aromatic carbocycles. The molecule has 1 amide bonds. The fourth-order valence-electron chi connectivity index (χ4n) is 1.28. The Hall–Kier alpha value is -2.08. The lowest BCUT2D eigenvalue weighted by atomic mass is 10.1. The Morgan fingerprint density at radius 3 is 2.59 bits per heavy atom. The maximum Gasteiger partial charge on any atom is 0.328 e. The first-order valence-electron chi connectivity index (χ1n) is 4.94. The molecule has 1 rings (SSSR count). The number of carbonyl (C=O) groups is 2. The van der Waals surface area contributed by atoms with Gasteiger partial charge in [0.25, 0.3) is 0 Å². The normalized spacial score (nSPS) is 11.8. The van der Waals surface area contributed by atoms with E-state index in [9.17, 15) is 14.7 Å². The number of carbonyl (C=O) groups excluding carboxylic acids is 1. The van der Waals surface area contributed by atoms with Crippen LogP contribution in [0.15, 0.2) is 24.3 Å². The average Bonchev–Trinajstić information content (AvgIpc) is 2.25. The van der Waals surface area contributed by atoms with Gasteiger partial charge in [0.15, 0.2) is 0 Å². The molecule has 0 saturated carbocycles. The van der Waals surface area contributed by atoms with Crippen molar-refractivity contribution in [2.75, 3.05) is 6.61 Å². The molecule has 0 radical (unpaired) electrons. The zero-order valence-electron chi connectivity index (χ0n) is 8.96. The Morgan fingerprint density at radius 1 is 1.35 bits per heavy atom. The van der Waals surface area contributed by atoms with Crippen LogP contribution < -0.4 is 5.32 Å². The molecular weight excluding hydrogens is 226 g/mol. The van der Waals surface area contributed by atoms with Crippen molar-refractivity contribution in [3.63, 3.8) is 0 Å². The van der Waals surface area contributed by atoms with E-state index >= 15 is 0 Å². The number of amides is 1. The molecule has 1 atom stereocenters. The topological polar surface area (TPSA) is 107 Å². The molecule has 17 heavy (non-hydrogen) atoms. The third-order valence-corrected chi connectivity index (χ3v) is 2.09. The Labute approximate surface area is 97.5 Å². The van der Waals surface area contributed by atoms with Crippen molar-refractivity contribution < 1.29 is 24.9 Å². The number of carboxylic acids is 1. The predicted molar refractivity (Wildman–Crippen MR) is 58.5 cm³/mol. The lowest BCUT2D eigenvalue weighted by Gasteiger charge is -2.11. The van der Waals surface area contributed by atoms with E-state index in [0.29, 0.717) is 5.56 Å². The maximum atomic E-state index is 11.4. The number of hydrogen-bond donors (Lipinski definition) is 4. The highest BCUT2D eigenvalue weighted by atomic mass is 16.4. The van der Waals surface area contributed by atoms with Crippen LogP contribution in [0.5, 0.6) is 5.75 Å². The highest BCUT2D eigenvalue weighted by molar-refractivity contribution is 5.84. The van der Waals surface area contributed by atoms with Crippen molar-refractivity contribution in [2.24, 2.45) is 0 Å². The van der Waals surface area contributed by atoms with Gasteiger partial charge in [0.2, 0.25) is 5.91 Å². The van der Waals surface area contributed by atoms with E-state index in [2.05, 4.69) is 5.32 Å². The van der Waals surface area contributed by atoms with Gasteiger partial charge in [0, 0.05) is 0 Å². The fourth-order valence-corrected chi connectivity index (χ4v) is 1.28. The van der Waals surface area contributed by atoms with Gasteiger partial charge in [-0.15, -0.1) is 0 Å². The van der Waals surface area contributed by atoms with Crippen LogP contribution in [0, 0.1) is 0 Å². The van der Waals surface area contributed by atoms with Gasteiger partial charge in [-0.1, -0.05) is 12.1 Å². The number of aliphatic carboxylic acids is 1. The van der Waals surface area contributed by atoms with Gasteiger partial charge in [-0.25, -0.2) is 4.79 Å². The van der Waals surface area contributed by atoms with E-state index in [-0.39, 0.29) is 12.2 Å². The van der Waals surface area contributed by atoms with Crippen LogP contribution >= 0.6 is 0 Å². The lowest BCUT2D eigenvalue weighted by molar-refractivity contribution is -0.142. The van der Waals surface area contributed by atoms with Gasteiger partial charge in [-0.05, 0) is 17.7 Å². The summed E-state index contributed by atoms with van der Waals surface area (Å²) in [7, 11) is 0. The summed E-state index contributed by atoms with van der Waals surface area (Å²) < 4.78 is 0. The first-order chi connectivity index (χ1) is 8.02. The summed E-state index contributed by atoms with van der Waals surface area (Å²) in [4.78, 5) is 22.0. The quantitative estimate of drug-likeness (QED) is 0.554. The lowest BCUT2D eigenvalue weighted by Crippen LogP contribution is -2.43. The number of aliphatic hydroxyl groups is 1. The minimum atomic E-state index is -1.31. The SMILES string of the molecule is O=C(Cc1cccc(O)c1)N[C@H](CO)C(=O)O. The molecule has 0 saturated heterocycles. The molecular formula is C11H13NO5. The van der Waals surface area contributed by atoms with Gasteiger partial charge in [-0.2, -0.15) is 0 Å². The first-order valence-corrected chi connectivity index (χ1v) is 4.94. The molecule has 6 heteroatoms. The van der Waals surface area contributed by atoms with Crippen molar-refractivity contribution in [3.05, 3.63) is 29.8 Å². The Morgan fingerprint density at radius 2 is 2.06 bits per heavy atom. The molecule has 0 spiro atoms. The molecule has 0 aliphatic heterocycles. The molecule has 92 valence electrons. The average molecular weight is 239 g/mol. The third kappa shape index (κ3) is 4.12. The molecule has 6 nitrogen and oxygen atoms in total. The maximum absolute atomic E-state index is 11.4. The molecule has 0 bridgehead atoms. The van der Waals surface area contributed by atoms with Crippen LogP contribution in [0.1, 0.15) is 5.56 Å². The summed E-state index contributed by atoms with van der Waals surface area (Å²) in [5.41, 5.74) is 0.560. The van der Waals surface area contributed by atoms with E-state index in [0.717, 1.165) is 0 Å². The number of aliphatic hydroxyl groups excluding tert-OH is 1. The van der Waals surface area contributed by atoms with Crippen LogP contribution in [0.4, 0.5) is 0 Å². The van der Waals surface area contributed by atoms with Crippen LogP contribution in [-0.2, 0) is 16.0 Å². The third-order valence-electron chi connectivity index (χ3n) is 2.09. The molecule has 0 aliphatic rings. The summed E-state index contributed by atoms with van der Waals surface area (Å²) in [5.74, 6) is -1.79. The number of carboxylic acid groups (broad SMARTS) is 1. The van der Waals surface area contributed by atoms with E-state index < -0.39 is 24.5 Å². The summed E-state index contributed by atoms with van der Waals surface area (Å²) in [6.45, 7) is -0.666. The molecule has 0 fully saturated rings. The zero-order valence-corrected chi connectivity index (χ0v) is 8.96. The summed E-state index contributed by atoms with van der Waals surface area (Å²) in [6, 6.07) is 4.79. The van der Waals surface area contributed by atoms with Crippen molar-refractivity contribution in [1.29, 1.82) is 0 Å². The van der Waals surface area contributed by atoms with E-state index in [1.54, 1.807) is 12.1 Å². The molecule has 4 N–H and O–H groups in total. The Kier molecular flexibility index (Phi) is 4.47. The number of aromatic hydroxyl groups is 1. The van der Waals surface area contributed by atoms with E-state index in [1.165, 1.54) is 12.1 Å².